The molecule has 1 aromatic rings. The third-order valence-electron chi connectivity index (χ3n) is 3.28. The number of anilines is 1. The van der Waals surface area contributed by atoms with Crippen LogP contribution in [0, 0.1) is 5.92 Å². The van der Waals surface area contributed by atoms with Crippen LogP contribution in [0.1, 0.15) is 20.3 Å². The highest BCUT2D eigenvalue weighted by Crippen LogP contribution is 2.40. The number of thioether (sulfide) groups is 1. The van der Waals surface area contributed by atoms with Gasteiger partial charge in [0.2, 0.25) is 5.91 Å². The highest BCUT2D eigenvalue weighted by molar-refractivity contribution is 8.01. The van der Waals surface area contributed by atoms with Crippen LogP contribution >= 0.6 is 24.0 Å². The zero-order valence-corrected chi connectivity index (χ0v) is 12.8. The maximum absolute atomic E-state index is 12.5. The Labute approximate surface area is 123 Å². The Bertz CT molecular complexity index is 504. The largest absolute Gasteiger partial charge is 0.393 e. The molecule has 0 fully saturated rings. The van der Waals surface area contributed by atoms with E-state index in [2.05, 4.69) is 6.07 Å². The van der Waals surface area contributed by atoms with Gasteiger partial charge in [-0.3, -0.25) is 4.79 Å². The first kappa shape index (κ1) is 14.3. The molecule has 1 heterocycles. The molecule has 102 valence electrons. The molecule has 2 rings (SSSR count). The zero-order chi connectivity index (χ0) is 14.0. The first-order valence-corrected chi connectivity index (χ1v) is 7.69. The average Bonchev–Trinajstić information content (AvgIpc) is 2.41. The van der Waals surface area contributed by atoms with E-state index in [1.165, 1.54) is 0 Å². The summed E-state index contributed by atoms with van der Waals surface area (Å²) in [5, 5.41) is -0.00607. The van der Waals surface area contributed by atoms with Gasteiger partial charge in [-0.2, -0.15) is 0 Å². The topological polar surface area (TPSA) is 46.3 Å². The van der Waals surface area contributed by atoms with E-state index in [1.807, 2.05) is 36.9 Å². The summed E-state index contributed by atoms with van der Waals surface area (Å²) >= 11 is 6.67. The van der Waals surface area contributed by atoms with Crippen LogP contribution in [0.2, 0.25) is 0 Å². The molecule has 1 aliphatic rings. The van der Waals surface area contributed by atoms with Gasteiger partial charge in [-0.25, -0.2) is 0 Å². The molecule has 1 aliphatic heterocycles. The second kappa shape index (κ2) is 5.92. The lowest BCUT2D eigenvalue weighted by Gasteiger charge is -2.34. The molecule has 0 saturated heterocycles. The minimum Gasteiger partial charge on any atom is -0.393 e. The summed E-state index contributed by atoms with van der Waals surface area (Å²) in [6, 6.07) is 8.01. The lowest BCUT2D eigenvalue weighted by molar-refractivity contribution is -0.118. The minimum absolute atomic E-state index is 0.00607. The first-order chi connectivity index (χ1) is 9.04. The predicted octanol–water partition coefficient (Wildman–Crippen LogP) is 2.83. The van der Waals surface area contributed by atoms with Crippen LogP contribution in [0.5, 0.6) is 0 Å². The summed E-state index contributed by atoms with van der Waals surface area (Å²) in [7, 11) is 0. The van der Waals surface area contributed by atoms with Crippen LogP contribution in [0.4, 0.5) is 5.69 Å². The van der Waals surface area contributed by atoms with E-state index >= 15 is 0 Å². The fourth-order valence-electron chi connectivity index (χ4n) is 2.09. The van der Waals surface area contributed by atoms with Gasteiger partial charge in [0.15, 0.2) is 0 Å². The maximum atomic E-state index is 12.5. The Kier molecular flexibility index (Phi) is 4.47. The SMILES string of the molecule is CCC1Sc2ccccc2N(CC(C)C(N)=S)C1=O. The van der Waals surface area contributed by atoms with E-state index in [0.29, 0.717) is 11.5 Å². The molecule has 2 unspecified atom stereocenters. The van der Waals surface area contributed by atoms with Gasteiger partial charge < -0.3 is 10.6 Å². The van der Waals surface area contributed by atoms with Crippen molar-refractivity contribution in [1.82, 2.24) is 0 Å². The number of thiocarbonyl (C=S) groups is 1. The molecule has 2 atom stereocenters. The molecule has 0 radical (unpaired) electrons. The number of nitrogens with zero attached hydrogens (tertiary/aromatic N) is 1. The number of amides is 1. The van der Waals surface area contributed by atoms with Gasteiger partial charge in [-0.1, -0.05) is 38.2 Å². The molecule has 0 bridgehead atoms. The Hall–Kier alpha value is -1.07. The number of nitrogens with two attached hydrogens (primary N) is 1. The number of carbonyl (C=O) groups excluding carboxylic acids is 1. The van der Waals surface area contributed by atoms with Crippen molar-refractivity contribution in [2.45, 2.75) is 30.4 Å². The lowest BCUT2D eigenvalue weighted by Crippen LogP contribution is -2.44. The van der Waals surface area contributed by atoms with Crippen molar-refractivity contribution in [3.8, 4) is 0 Å². The van der Waals surface area contributed by atoms with Gasteiger partial charge >= 0.3 is 0 Å². The molecular formula is C14H18N2OS2. The molecule has 1 amide bonds. The average molecular weight is 294 g/mol. The molecule has 2 N–H and O–H groups in total. The Morgan fingerprint density at radius 3 is 2.84 bits per heavy atom. The monoisotopic (exact) mass is 294 g/mol. The van der Waals surface area contributed by atoms with Gasteiger partial charge in [0.05, 0.1) is 15.9 Å². The fraction of sp³-hybridized carbons (Fsp3) is 0.429. The van der Waals surface area contributed by atoms with Gasteiger partial charge in [-0.15, -0.1) is 11.8 Å². The van der Waals surface area contributed by atoms with E-state index in [-0.39, 0.29) is 17.1 Å². The van der Waals surface area contributed by atoms with Crippen LogP contribution in [0.15, 0.2) is 29.2 Å². The quantitative estimate of drug-likeness (QED) is 0.867. The van der Waals surface area contributed by atoms with Crippen molar-refractivity contribution >= 4 is 40.6 Å². The smallest absolute Gasteiger partial charge is 0.240 e. The van der Waals surface area contributed by atoms with E-state index in [0.717, 1.165) is 17.0 Å². The Morgan fingerprint density at radius 1 is 1.53 bits per heavy atom. The molecule has 0 aromatic heterocycles. The second-order valence-electron chi connectivity index (χ2n) is 4.73. The number of hydrogen-bond acceptors (Lipinski definition) is 3. The molecule has 0 aliphatic carbocycles. The normalized spacial score (nSPS) is 20.0. The van der Waals surface area contributed by atoms with E-state index in [1.54, 1.807) is 11.8 Å². The van der Waals surface area contributed by atoms with Crippen LogP contribution in [-0.4, -0.2) is 22.7 Å². The number of carbonyl (C=O) groups is 1. The van der Waals surface area contributed by atoms with Crippen molar-refractivity contribution in [3.63, 3.8) is 0 Å². The molecule has 1 aromatic carbocycles. The Balaban J connectivity index is 2.33. The zero-order valence-electron chi connectivity index (χ0n) is 11.1. The van der Waals surface area contributed by atoms with Crippen LogP contribution < -0.4 is 10.6 Å². The number of rotatable bonds is 4. The third-order valence-corrected chi connectivity index (χ3v) is 5.10. The Morgan fingerprint density at radius 2 is 2.21 bits per heavy atom. The molecular weight excluding hydrogens is 276 g/mol. The van der Waals surface area contributed by atoms with Gasteiger partial charge in [-0.05, 0) is 18.6 Å². The minimum atomic E-state index is -0.00607. The van der Waals surface area contributed by atoms with E-state index in [4.69, 9.17) is 18.0 Å². The van der Waals surface area contributed by atoms with Crippen molar-refractivity contribution in [2.75, 3.05) is 11.4 Å². The summed E-state index contributed by atoms with van der Waals surface area (Å²) in [6.45, 7) is 4.56. The van der Waals surface area contributed by atoms with E-state index in [9.17, 15) is 4.79 Å². The van der Waals surface area contributed by atoms with Crippen LogP contribution in [-0.2, 0) is 4.79 Å². The van der Waals surface area contributed by atoms with Crippen LogP contribution in [0.3, 0.4) is 0 Å². The summed E-state index contributed by atoms with van der Waals surface area (Å²) in [4.78, 5) is 15.9. The first-order valence-electron chi connectivity index (χ1n) is 6.41. The van der Waals surface area contributed by atoms with Gasteiger partial charge in [0.1, 0.15) is 0 Å². The maximum Gasteiger partial charge on any atom is 0.240 e. The van der Waals surface area contributed by atoms with Gasteiger partial charge in [0, 0.05) is 17.4 Å². The second-order valence-corrected chi connectivity index (χ2v) is 6.45. The van der Waals surface area contributed by atoms with E-state index < -0.39 is 0 Å². The highest BCUT2D eigenvalue weighted by atomic mass is 32.2. The fourth-order valence-corrected chi connectivity index (χ4v) is 3.32. The summed E-state index contributed by atoms with van der Waals surface area (Å²) in [6.07, 6.45) is 0.829. The number of benzene rings is 1. The van der Waals surface area contributed by atoms with Gasteiger partial charge in [0.25, 0.3) is 0 Å². The van der Waals surface area contributed by atoms with Crippen molar-refractivity contribution in [1.29, 1.82) is 0 Å². The summed E-state index contributed by atoms with van der Waals surface area (Å²) < 4.78 is 0. The molecule has 3 nitrogen and oxygen atoms in total. The van der Waals surface area contributed by atoms with Crippen molar-refractivity contribution < 1.29 is 4.79 Å². The molecule has 0 spiro atoms. The van der Waals surface area contributed by atoms with Crippen molar-refractivity contribution in [2.24, 2.45) is 11.7 Å². The number of fused-ring (bicyclic) bond motifs is 1. The summed E-state index contributed by atoms with van der Waals surface area (Å²) in [5.74, 6) is 0.182. The molecule has 0 saturated carbocycles. The summed E-state index contributed by atoms with van der Waals surface area (Å²) in [5.41, 5.74) is 6.65. The molecule has 5 heteroatoms. The number of hydrogen-bond donors (Lipinski definition) is 1. The van der Waals surface area contributed by atoms with Crippen molar-refractivity contribution in [3.05, 3.63) is 24.3 Å². The predicted molar refractivity (Wildman–Crippen MR) is 84.7 cm³/mol. The standard InChI is InChI=1S/C14H18N2OS2/c1-3-11-14(17)16(8-9(2)13(15)18)10-6-4-5-7-12(10)19-11/h4-7,9,11H,3,8H2,1-2H3,(H2,15,18). The van der Waals surface area contributed by atoms with Crippen LogP contribution in [0.25, 0.3) is 0 Å². The third kappa shape index (κ3) is 2.92. The molecule has 19 heavy (non-hydrogen) atoms. The lowest BCUT2D eigenvalue weighted by atomic mass is 10.1. The number of para-hydroxylation sites is 1. The highest BCUT2D eigenvalue weighted by Gasteiger charge is 2.33.